The van der Waals surface area contributed by atoms with Crippen LogP contribution in [-0.4, -0.2) is 24.0 Å². The van der Waals surface area contributed by atoms with Gasteiger partial charge < -0.3 is 0 Å². The molecule has 0 aliphatic carbocycles. The molecule has 0 unspecified atom stereocenters. The molecule has 0 aliphatic rings. The molecule has 2 rings (SSSR count). The predicted octanol–water partition coefficient (Wildman–Crippen LogP) is 5.01. The molecule has 0 atom stereocenters. The summed E-state index contributed by atoms with van der Waals surface area (Å²) in [4.78, 5) is 13.9. The van der Waals surface area contributed by atoms with E-state index >= 15 is 0 Å². The van der Waals surface area contributed by atoms with Gasteiger partial charge in [0.1, 0.15) is 0 Å². The Kier molecular flexibility index (Phi) is 6.15. The summed E-state index contributed by atoms with van der Waals surface area (Å²) in [7, 11) is 0. The summed E-state index contributed by atoms with van der Waals surface area (Å²) in [5.41, 5.74) is 2.75. The third-order valence-corrected chi connectivity index (χ3v) is 4.58. The number of rotatable bonds is 6. The summed E-state index contributed by atoms with van der Waals surface area (Å²) >= 11 is 3.32. The molecule has 21 heavy (non-hydrogen) atoms. The van der Waals surface area contributed by atoms with Crippen molar-refractivity contribution in [1.29, 1.82) is 0 Å². The molecule has 0 saturated carbocycles. The second kappa shape index (κ2) is 8.11. The van der Waals surface area contributed by atoms with Gasteiger partial charge in [-0.2, -0.15) is 11.8 Å². The zero-order valence-corrected chi connectivity index (χ0v) is 13.8. The van der Waals surface area contributed by atoms with Gasteiger partial charge in [-0.05, 0) is 18.1 Å². The van der Waals surface area contributed by atoms with Gasteiger partial charge in [-0.1, -0.05) is 60.7 Å². The largest absolute Gasteiger partial charge is 0.289 e. The monoisotopic (exact) mass is 314 g/mol. The molecular weight excluding hydrogens is 296 g/mol. The quantitative estimate of drug-likeness (QED) is 0.551. The van der Waals surface area contributed by atoms with Crippen LogP contribution in [-0.2, 0) is 0 Å². The van der Waals surface area contributed by atoms with Crippen molar-refractivity contribution in [2.45, 2.75) is 0 Å². The van der Waals surface area contributed by atoms with Crippen LogP contribution in [0.15, 0.2) is 66.2 Å². The molecule has 3 heteroatoms. The Morgan fingerprint density at radius 2 is 1.38 bits per heavy atom. The zero-order chi connectivity index (χ0) is 15.1. The summed E-state index contributed by atoms with van der Waals surface area (Å²) in [6.07, 6.45) is 4.06. The van der Waals surface area contributed by atoms with Gasteiger partial charge in [-0.3, -0.25) is 4.79 Å². The van der Waals surface area contributed by atoms with Gasteiger partial charge in [0.05, 0.1) is 0 Å². The van der Waals surface area contributed by atoms with Crippen molar-refractivity contribution in [3.63, 3.8) is 0 Å². The summed E-state index contributed by atoms with van der Waals surface area (Å²) in [6, 6.07) is 19.6. The Balaban J connectivity index is 2.50. The fourth-order valence-corrected chi connectivity index (χ4v) is 3.59. The van der Waals surface area contributed by atoms with E-state index in [0.29, 0.717) is 0 Å². The molecule has 0 spiro atoms. The molecule has 108 valence electrons. The van der Waals surface area contributed by atoms with E-state index in [1.165, 1.54) is 0 Å². The first-order valence-electron chi connectivity index (χ1n) is 6.69. The number of carbonyl (C=O) groups is 1. The summed E-state index contributed by atoms with van der Waals surface area (Å²) in [5.74, 6) is 0.844. The normalized spacial score (nSPS) is 11.9. The first-order valence-corrected chi connectivity index (χ1v) is 9.31. The molecule has 0 saturated heterocycles. The number of carbonyl (C=O) groups excluding carboxylic acids is 1. The Bertz CT molecular complexity index is 618. The number of hydrogen-bond donors (Lipinski definition) is 0. The van der Waals surface area contributed by atoms with Gasteiger partial charge in [0.25, 0.3) is 0 Å². The molecule has 1 nitrogen and oxygen atoms in total. The van der Waals surface area contributed by atoms with E-state index in [1.54, 1.807) is 23.5 Å². The van der Waals surface area contributed by atoms with Crippen LogP contribution < -0.4 is 0 Å². The van der Waals surface area contributed by atoms with Crippen molar-refractivity contribution in [3.05, 3.63) is 77.4 Å². The Morgan fingerprint density at radius 1 is 0.857 bits per heavy atom. The van der Waals surface area contributed by atoms with Gasteiger partial charge in [0.15, 0.2) is 5.78 Å². The van der Waals surface area contributed by atoms with Crippen LogP contribution in [0.25, 0.3) is 4.91 Å². The SMILES string of the molecule is CSCC(C(=O)c1ccccc1)=C(SC)c1ccccc1. The number of benzene rings is 2. The van der Waals surface area contributed by atoms with E-state index in [1.807, 2.05) is 61.0 Å². The van der Waals surface area contributed by atoms with Crippen molar-refractivity contribution >= 4 is 34.2 Å². The van der Waals surface area contributed by atoms with E-state index in [-0.39, 0.29) is 5.78 Å². The lowest BCUT2D eigenvalue weighted by molar-refractivity contribution is 0.103. The highest BCUT2D eigenvalue weighted by atomic mass is 32.2. The second-order valence-electron chi connectivity index (χ2n) is 4.51. The summed E-state index contributed by atoms with van der Waals surface area (Å²) in [6.45, 7) is 0. The smallest absolute Gasteiger partial charge is 0.190 e. The Morgan fingerprint density at radius 3 is 1.86 bits per heavy atom. The van der Waals surface area contributed by atoms with E-state index in [2.05, 4.69) is 12.1 Å². The fraction of sp³-hybridized carbons (Fsp3) is 0.167. The van der Waals surface area contributed by atoms with Gasteiger partial charge in [-0.25, -0.2) is 0 Å². The molecule has 2 aromatic carbocycles. The van der Waals surface area contributed by atoms with E-state index in [4.69, 9.17) is 0 Å². The molecule has 0 amide bonds. The minimum absolute atomic E-state index is 0.123. The van der Waals surface area contributed by atoms with Crippen molar-refractivity contribution in [1.82, 2.24) is 0 Å². The molecule has 0 fully saturated rings. The van der Waals surface area contributed by atoms with Crippen molar-refractivity contribution < 1.29 is 4.79 Å². The Hall–Kier alpha value is -1.45. The van der Waals surface area contributed by atoms with Crippen LogP contribution >= 0.6 is 23.5 Å². The second-order valence-corrected chi connectivity index (χ2v) is 6.19. The standard InChI is InChI=1S/C18H18OS2/c1-20-13-16(17(19)14-9-5-3-6-10-14)18(21-2)15-11-7-4-8-12-15/h3-12H,13H2,1-2H3. The van der Waals surface area contributed by atoms with Crippen molar-refractivity contribution in [2.24, 2.45) is 0 Å². The third kappa shape index (κ3) is 4.02. The number of Topliss-reactive ketones (excluding diaryl/α,β-unsaturated/α-hetero) is 1. The topological polar surface area (TPSA) is 17.1 Å². The van der Waals surface area contributed by atoms with Crippen LogP contribution in [0.3, 0.4) is 0 Å². The molecule has 0 radical (unpaired) electrons. The van der Waals surface area contributed by atoms with Gasteiger partial charge >= 0.3 is 0 Å². The van der Waals surface area contributed by atoms with Crippen molar-refractivity contribution in [2.75, 3.05) is 18.3 Å². The molecular formula is C18H18OS2. The van der Waals surface area contributed by atoms with E-state index < -0.39 is 0 Å². The average molecular weight is 314 g/mol. The van der Waals surface area contributed by atoms with Gasteiger partial charge in [0.2, 0.25) is 0 Å². The van der Waals surface area contributed by atoms with Crippen molar-refractivity contribution in [3.8, 4) is 0 Å². The van der Waals surface area contributed by atoms with Crippen LogP contribution in [0, 0.1) is 0 Å². The highest BCUT2D eigenvalue weighted by Gasteiger charge is 2.17. The lowest BCUT2D eigenvalue weighted by Crippen LogP contribution is -2.08. The maximum Gasteiger partial charge on any atom is 0.190 e. The average Bonchev–Trinajstić information content (AvgIpc) is 2.56. The molecule has 0 aromatic heterocycles. The number of hydrogen-bond acceptors (Lipinski definition) is 3. The molecule has 0 N–H and O–H groups in total. The minimum atomic E-state index is 0.123. The molecule has 0 aliphatic heterocycles. The lowest BCUT2D eigenvalue weighted by Gasteiger charge is -2.13. The highest BCUT2D eigenvalue weighted by Crippen LogP contribution is 2.31. The number of ketones is 1. The molecule has 0 bridgehead atoms. The van der Waals surface area contributed by atoms with Crippen LogP contribution in [0.5, 0.6) is 0 Å². The first-order chi connectivity index (χ1) is 10.3. The van der Waals surface area contributed by atoms with Crippen LogP contribution in [0.4, 0.5) is 0 Å². The van der Waals surface area contributed by atoms with Crippen LogP contribution in [0.2, 0.25) is 0 Å². The van der Waals surface area contributed by atoms with E-state index in [0.717, 1.165) is 27.4 Å². The zero-order valence-electron chi connectivity index (χ0n) is 12.2. The first kappa shape index (κ1) is 15.9. The number of thioether (sulfide) groups is 2. The predicted molar refractivity (Wildman–Crippen MR) is 96.0 cm³/mol. The van der Waals surface area contributed by atoms with E-state index in [9.17, 15) is 4.79 Å². The minimum Gasteiger partial charge on any atom is -0.289 e. The maximum absolute atomic E-state index is 12.8. The van der Waals surface area contributed by atoms with Crippen LogP contribution in [0.1, 0.15) is 15.9 Å². The highest BCUT2D eigenvalue weighted by molar-refractivity contribution is 8.07. The van der Waals surface area contributed by atoms with Gasteiger partial charge in [0, 0.05) is 21.8 Å². The molecule has 0 heterocycles. The van der Waals surface area contributed by atoms with Gasteiger partial charge in [-0.15, -0.1) is 11.8 Å². The summed E-state index contributed by atoms with van der Waals surface area (Å²) in [5, 5.41) is 0. The lowest BCUT2D eigenvalue weighted by atomic mass is 10.0. The Labute approximate surface area is 134 Å². The summed E-state index contributed by atoms with van der Waals surface area (Å²) < 4.78 is 0. The fourth-order valence-electron chi connectivity index (χ4n) is 2.15. The third-order valence-electron chi connectivity index (χ3n) is 3.11. The molecule has 2 aromatic rings. The maximum atomic E-state index is 12.8.